The van der Waals surface area contributed by atoms with Crippen molar-refractivity contribution in [3.05, 3.63) is 82.4 Å². The van der Waals surface area contributed by atoms with Crippen LogP contribution in [-0.2, 0) is 14.8 Å². The van der Waals surface area contributed by atoms with Crippen LogP contribution in [0.15, 0.2) is 65.6 Å². The van der Waals surface area contributed by atoms with Gasteiger partial charge in [0.2, 0.25) is 0 Å². The number of carbonyl (C=O) groups excluding carboxylic acids is 1. The molecule has 0 saturated carbocycles. The maximum Gasteiger partial charge on any atom is 0.262 e. The van der Waals surface area contributed by atoms with Crippen molar-refractivity contribution in [1.29, 1.82) is 0 Å². The van der Waals surface area contributed by atoms with Crippen molar-refractivity contribution in [2.45, 2.75) is 25.7 Å². The van der Waals surface area contributed by atoms with Gasteiger partial charge < -0.3 is 10.1 Å². The van der Waals surface area contributed by atoms with Gasteiger partial charge in [-0.2, -0.15) is 0 Å². The molecule has 0 aliphatic heterocycles. The highest BCUT2D eigenvalue weighted by atomic mass is 35.5. The van der Waals surface area contributed by atoms with Gasteiger partial charge in [-0.25, -0.2) is 8.42 Å². The highest BCUT2D eigenvalue weighted by Crippen LogP contribution is 2.22. The molecule has 0 radical (unpaired) electrons. The Labute approximate surface area is 187 Å². The van der Waals surface area contributed by atoms with Gasteiger partial charge in [-0.3, -0.25) is 9.52 Å². The van der Waals surface area contributed by atoms with Crippen LogP contribution < -0.4 is 14.8 Å². The predicted octanol–water partition coefficient (Wildman–Crippen LogP) is 5.08. The molecule has 1 amide bonds. The lowest BCUT2D eigenvalue weighted by Gasteiger charge is -2.11. The molecule has 3 rings (SSSR count). The van der Waals surface area contributed by atoms with Crippen LogP contribution in [0, 0.1) is 20.8 Å². The lowest BCUT2D eigenvalue weighted by atomic mass is 10.1. The van der Waals surface area contributed by atoms with Crippen molar-refractivity contribution < 1.29 is 17.9 Å². The Morgan fingerprint density at radius 3 is 2.16 bits per heavy atom. The molecular weight excluding hydrogens is 436 g/mol. The van der Waals surface area contributed by atoms with Crippen molar-refractivity contribution in [2.75, 3.05) is 16.6 Å². The molecular formula is C23H23ClN2O4S. The first-order valence-corrected chi connectivity index (χ1v) is 11.4. The normalized spacial score (nSPS) is 11.1. The second-order valence-corrected chi connectivity index (χ2v) is 9.37. The zero-order valence-electron chi connectivity index (χ0n) is 17.4. The van der Waals surface area contributed by atoms with E-state index in [1.165, 1.54) is 24.3 Å². The van der Waals surface area contributed by atoms with E-state index in [4.69, 9.17) is 16.3 Å². The molecule has 0 unspecified atom stereocenters. The standard InChI is InChI=1S/C23H23ClN2O4S/c1-15-10-16(2)12-20(11-15)26-31(28,29)21-7-5-19(6-8-21)25-23(27)14-30-22-9-4-18(24)13-17(22)3/h4-13,26H,14H2,1-3H3,(H,25,27). The van der Waals surface area contributed by atoms with Gasteiger partial charge >= 0.3 is 0 Å². The molecule has 0 heterocycles. The largest absolute Gasteiger partial charge is 0.483 e. The fourth-order valence-electron chi connectivity index (χ4n) is 3.08. The van der Waals surface area contributed by atoms with Gasteiger partial charge in [-0.1, -0.05) is 17.7 Å². The molecule has 3 aromatic rings. The molecule has 2 N–H and O–H groups in total. The molecule has 0 bridgehead atoms. The SMILES string of the molecule is Cc1cc(C)cc(NS(=O)(=O)c2ccc(NC(=O)COc3ccc(Cl)cc3C)cc2)c1. The van der Waals surface area contributed by atoms with Crippen LogP contribution in [0.25, 0.3) is 0 Å². The van der Waals surface area contributed by atoms with E-state index in [2.05, 4.69) is 10.0 Å². The maximum atomic E-state index is 12.6. The topological polar surface area (TPSA) is 84.5 Å². The molecule has 0 aliphatic carbocycles. The number of amides is 1. The third kappa shape index (κ3) is 6.23. The molecule has 0 saturated heterocycles. The van der Waals surface area contributed by atoms with Gasteiger partial charge in [-0.15, -0.1) is 0 Å². The van der Waals surface area contributed by atoms with E-state index < -0.39 is 10.0 Å². The van der Waals surface area contributed by atoms with Crippen molar-refractivity contribution in [2.24, 2.45) is 0 Å². The highest BCUT2D eigenvalue weighted by Gasteiger charge is 2.15. The van der Waals surface area contributed by atoms with E-state index in [0.29, 0.717) is 22.1 Å². The molecule has 6 nitrogen and oxygen atoms in total. The molecule has 0 atom stereocenters. The number of carbonyl (C=O) groups is 1. The summed E-state index contributed by atoms with van der Waals surface area (Å²) < 4.78 is 33.4. The molecule has 0 aliphatic rings. The zero-order valence-corrected chi connectivity index (χ0v) is 19.0. The number of sulfonamides is 1. The lowest BCUT2D eigenvalue weighted by molar-refractivity contribution is -0.118. The van der Waals surface area contributed by atoms with Crippen LogP contribution in [0.2, 0.25) is 5.02 Å². The van der Waals surface area contributed by atoms with Crippen LogP contribution in [-0.4, -0.2) is 20.9 Å². The van der Waals surface area contributed by atoms with Crippen LogP contribution in [0.4, 0.5) is 11.4 Å². The van der Waals surface area contributed by atoms with E-state index >= 15 is 0 Å². The third-order valence-electron chi connectivity index (χ3n) is 4.42. The fraction of sp³-hybridized carbons (Fsp3) is 0.174. The van der Waals surface area contributed by atoms with Crippen molar-refractivity contribution in [3.8, 4) is 5.75 Å². The van der Waals surface area contributed by atoms with Gasteiger partial charge in [0.25, 0.3) is 15.9 Å². The van der Waals surface area contributed by atoms with Crippen LogP contribution in [0.3, 0.4) is 0 Å². The summed E-state index contributed by atoms with van der Waals surface area (Å²) in [6.45, 7) is 5.46. The Morgan fingerprint density at radius 2 is 1.55 bits per heavy atom. The number of nitrogens with one attached hydrogen (secondary N) is 2. The lowest BCUT2D eigenvalue weighted by Crippen LogP contribution is -2.20. The van der Waals surface area contributed by atoms with E-state index in [1.54, 1.807) is 30.3 Å². The van der Waals surface area contributed by atoms with Gasteiger partial charge in [0.15, 0.2) is 6.61 Å². The second kappa shape index (κ2) is 9.41. The zero-order chi connectivity index (χ0) is 22.6. The number of anilines is 2. The van der Waals surface area contributed by atoms with Crippen LogP contribution >= 0.6 is 11.6 Å². The average Bonchev–Trinajstić information content (AvgIpc) is 2.66. The molecule has 162 valence electrons. The summed E-state index contributed by atoms with van der Waals surface area (Å²) in [6, 6.07) is 16.6. The summed E-state index contributed by atoms with van der Waals surface area (Å²) in [7, 11) is -3.74. The third-order valence-corrected chi connectivity index (χ3v) is 6.05. The summed E-state index contributed by atoms with van der Waals surface area (Å²) in [5.41, 5.74) is 3.72. The first kappa shape index (κ1) is 22.7. The number of halogens is 1. The van der Waals surface area contributed by atoms with Gasteiger partial charge in [0.1, 0.15) is 5.75 Å². The molecule has 8 heteroatoms. The highest BCUT2D eigenvalue weighted by molar-refractivity contribution is 7.92. The van der Waals surface area contributed by atoms with Crippen LogP contribution in [0.5, 0.6) is 5.75 Å². The summed E-state index contributed by atoms with van der Waals surface area (Å²) in [5, 5.41) is 3.27. The van der Waals surface area contributed by atoms with Crippen LogP contribution in [0.1, 0.15) is 16.7 Å². The first-order chi connectivity index (χ1) is 14.6. The Hall–Kier alpha value is -3.03. The Bertz CT molecular complexity index is 1190. The number of benzene rings is 3. The summed E-state index contributed by atoms with van der Waals surface area (Å²) in [5.74, 6) is 0.205. The number of aryl methyl sites for hydroxylation is 3. The number of ether oxygens (including phenoxy) is 1. The molecule has 0 aromatic heterocycles. The van der Waals surface area contributed by atoms with Gasteiger partial charge in [0.05, 0.1) is 4.90 Å². The fourth-order valence-corrected chi connectivity index (χ4v) is 4.35. The Morgan fingerprint density at radius 1 is 0.903 bits per heavy atom. The molecule has 0 spiro atoms. The molecule has 0 fully saturated rings. The molecule has 31 heavy (non-hydrogen) atoms. The quantitative estimate of drug-likeness (QED) is 0.516. The number of hydrogen-bond acceptors (Lipinski definition) is 4. The van der Waals surface area contributed by atoms with Gasteiger partial charge in [-0.05, 0) is 92.1 Å². The van der Waals surface area contributed by atoms with E-state index in [-0.39, 0.29) is 17.4 Å². The number of rotatable bonds is 7. The second-order valence-electron chi connectivity index (χ2n) is 7.25. The molecule has 3 aromatic carbocycles. The van der Waals surface area contributed by atoms with Crippen molar-refractivity contribution >= 4 is 38.9 Å². The van der Waals surface area contributed by atoms with Crippen molar-refractivity contribution in [1.82, 2.24) is 0 Å². The predicted molar refractivity (Wildman–Crippen MR) is 123 cm³/mol. The minimum absolute atomic E-state index is 0.0951. The average molecular weight is 459 g/mol. The first-order valence-electron chi connectivity index (χ1n) is 9.52. The summed E-state index contributed by atoms with van der Waals surface area (Å²) in [4.78, 5) is 12.3. The van der Waals surface area contributed by atoms with Gasteiger partial charge in [0, 0.05) is 16.4 Å². The summed E-state index contributed by atoms with van der Waals surface area (Å²) in [6.07, 6.45) is 0. The van der Waals surface area contributed by atoms with E-state index in [0.717, 1.165) is 16.7 Å². The van der Waals surface area contributed by atoms with E-state index in [9.17, 15) is 13.2 Å². The van der Waals surface area contributed by atoms with E-state index in [1.807, 2.05) is 26.8 Å². The smallest absolute Gasteiger partial charge is 0.262 e. The van der Waals surface area contributed by atoms with Crippen molar-refractivity contribution in [3.63, 3.8) is 0 Å². The summed E-state index contributed by atoms with van der Waals surface area (Å²) >= 11 is 5.91. The maximum absolute atomic E-state index is 12.6. The minimum Gasteiger partial charge on any atom is -0.483 e. The number of hydrogen-bond donors (Lipinski definition) is 2. The monoisotopic (exact) mass is 458 g/mol. The Kier molecular flexibility index (Phi) is 6.87. The minimum atomic E-state index is -3.74. The Balaban J connectivity index is 1.61.